The van der Waals surface area contributed by atoms with Gasteiger partial charge in [-0.15, -0.1) is 10.2 Å². The molecule has 0 bridgehead atoms. The molecule has 0 aliphatic carbocycles. The number of fused-ring (bicyclic) bond motifs is 1. The van der Waals surface area contributed by atoms with Crippen LogP contribution >= 0.6 is 11.6 Å². The van der Waals surface area contributed by atoms with Crippen molar-refractivity contribution in [2.24, 2.45) is 0 Å². The van der Waals surface area contributed by atoms with Gasteiger partial charge in [0, 0.05) is 37.4 Å². The lowest BCUT2D eigenvalue weighted by Crippen LogP contribution is -2.34. The Labute approximate surface area is 157 Å². The summed E-state index contributed by atoms with van der Waals surface area (Å²) in [4.78, 5) is 2.43. The average molecular weight is 369 g/mol. The second-order valence-corrected chi connectivity index (χ2v) is 6.92. The van der Waals surface area contributed by atoms with E-state index >= 15 is 0 Å². The van der Waals surface area contributed by atoms with Gasteiger partial charge in [0.1, 0.15) is 5.82 Å². The fraction of sp³-hybridized carbons (Fsp3) is 0.316. The van der Waals surface area contributed by atoms with Gasteiger partial charge in [-0.25, -0.2) is 4.68 Å². The Morgan fingerprint density at radius 2 is 2.08 bits per heavy atom. The van der Waals surface area contributed by atoms with E-state index in [0.29, 0.717) is 5.82 Å². The van der Waals surface area contributed by atoms with E-state index in [9.17, 15) is 0 Å². The Balaban J connectivity index is 1.30. The lowest BCUT2D eigenvalue weighted by Gasteiger charge is -2.29. The van der Waals surface area contributed by atoms with Crippen LogP contribution in [0.3, 0.4) is 0 Å². The topological polar surface area (TPSA) is 58.9 Å². The summed E-state index contributed by atoms with van der Waals surface area (Å²) in [6.07, 6.45) is 2.89. The van der Waals surface area contributed by atoms with Gasteiger partial charge < -0.3 is 5.32 Å². The SMILES string of the molecule is Cc1ccn(-c2ccc(NCCN3CCc4c(Cl)cccc4C3)nn2)n1. The summed E-state index contributed by atoms with van der Waals surface area (Å²) in [7, 11) is 0. The Bertz CT molecular complexity index is 889. The third-order valence-electron chi connectivity index (χ3n) is 4.63. The zero-order chi connectivity index (χ0) is 17.9. The predicted octanol–water partition coefficient (Wildman–Crippen LogP) is 3.09. The number of benzene rings is 1. The molecule has 0 unspecified atom stereocenters. The maximum Gasteiger partial charge on any atom is 0.175 e. The predicted molar refractivity (Wildman–Crippen MR) is 103 cm³/mol. The molecule has 1 N–H and O–H groups in total. The van der Waals surface area contributed by atoms with Gasteiger partial charge >= 0.3 is 0 Å². The fourth-order valence-corrected chi connectivity index (χ4v) is 3.53. The molecule has 4 rings (SSSR count). The average Bonchev–Trinajstić information content (AvgIpc) is 3.09. The summed E-state index contributed by atoms with van der Waals surface area (Å²) < 4.78 is 1.72. The van der Waals surface area contributed by atoms with E-state index in [1.165, 1.54) is 11.1 Å². The molecule has 0 saturated carbocycles. The van der Waals surface area contributed by atoms with Crippen molar-refractivity contribution in [3.8, 4) is 5.82 Å². The van der Waals surface area contributed by atoms with E-state index in [2.05, 4.69) is 31.6 Å². The Hall–Kier alpha value is -2.44. The number of aryl methyl sites for hydroxylation is 1. The van der Waals surface area contributed by atoms with Crippen molar-refractivity contribution in [1.29, 1.82) is 0 Å². The first-order chi connectivity index (χ1) is 12.7. The highest BCUT2D eigenvalue weighted by Crippen LogP contribution is 2.25. The Kier molecular flexibility index (Phi) is 4.86. The summed E-state index contributed by atoms with van der Waals surface area (Å²) in [5.41, 5.74) is 3.59. The lowest BCUT2D eigenvalue weighted by molar-refractivity contribution is 0.264. The van der Waals surface area contributed by atoms with Gasteiger partial charge in [-0.2, -0.15) is 5.10 Å². The number of anilines is 1. The second kappa shape index (κ2) is 7.43. The molecular formula is C19H21ClN6. The number of nitrogens with zero attached hydrogens (tertiary/aromatic N) is 5. The first-order valence-electron chi connectivity index (χ1n) is 8.78. The highest BCUT2D eigenvalue weighted by atomic mass is 35.5. The van der Waals surface area contributed by atoms with Gasteiger partial charge in [-0.05, 0) is 48.7 Å². The molecule has 3 aromatic rings. The monoisotopic (exact) mass is 368 g/mol. The van der Waals surface area contributed by atoms with E-state index < -0.39 is 0 Å². The van der Waals surface area contributed by atoms with Crippen molar-refractivity contribution in [1.82, 2.24) is 24.9 Å². The molecule has 7 heteroatoms. The summed E-state index contributed by atoms with van der Waals surface area (Å²) >= 11 is 6.28. The van der Waals surface area contributed by atoms with Crippen molar-refractivity contribution < 1.29 is 0 Å². The maximum absolute atomic E-state index is 6.28. The largest absolute Gasteiger partial charge is 0.367 e. The minimum atomic E-state index is 0.716. The smallest absolute Gasteiger partial charge is 0.175 e. The minimum Gasteiger partial charge on any atom is -0.367 e. The van der Waals surface area contributed by atoms with Crippen LogP contribution in [0.5, 0.6) is 0 Å². The third kappa shape index (κ3) is 3.71. The number of nitrogens with one attached hydrogen (secondary N) is 1. The lowest BCUT2D eigenvalue weighted by atomic mass is 10.00. The molecule has 0 radical (unpaired) electrons. The van der Waals surface area contributed by atoms with Gasteiger partial charge in [0.15, 0.2) is 5.82 Å². The van der Waals surface area contributed by atoms with Crippen molar-refractivity contribution in [3.63, 3.8) is 0 Å². The molecule has 0 fully saturated rings. The fourth-order valence-electron chi connectivity index (χ4n) is 3.24. The highest BCUT2D eigenvalue weighted by molar-refractivity contribution is 6.31. The zero-order valence-corrected chi connectivity index (χ0v) is 15.4. The van der Waals surface area contributed by atoms with Crippen LogP contribution in [0.2, 0.25) is 5.02 Å². The van der Waals surface area contributed by atoms with Crippen LogP contribution in [-0.2, 0) is 13.0 Å². The molecule has 3 heterocycles. The first-order valence-corrected chi connectivity index (χ1v) is 9.16. The molecule has 0 atom stereocenters. The van der Waals surface area contributed by atoms with Crippen molar-refractivity contribution in [3.05, 3.63) is 64.4 Å². The van der Waals surface area contributed by atoms with Crippen molar-refractivity contribution in [2.75, 3.05) is 25.0 Å². The van der Waals surface area contributed by atoms with Crippen LogP contribution in [0.15, 0.2) is 42.6 Å². The van der Waals surface area contributed by atoms with Gasteiger partial charge in [-0.1, -0.05) is 23.7 Å². The molecule has 1 aliphatic rings. The standard InChI is InChI=1S/C19H21ClN6/c1-14-7-11-26(24-14)19-6-5-18(22-23-19)21-9-12-25-10-8-16-15(13-25)3-2-4-17(16)20/h2-7,11H,8-10,12-13H2,1H3,(H,21,22). The van der Waals surface area contributed by atoms with Gasteiger partial charge in [0.2, 0.25) is 0 Å². The molecule has 1 aliphatic heterocycles. The summed E-state index contributed by atoms with van der Waals surface area (Å²) in [6.45, 7) is 5.70. The minimum absolute atomic E-state index is 0.716. The van der Waals surface area contributed by atoms with E-state index in [1.54, 1.807) is 4.68 Å². The summed E-state index contributed by atoms with van der Waals surface area (Å²) in [5, 5.41) is 17.0. The van der Waals surface area contributed by atoms with Crippen molar-refractivity contribution >= 4 is 17.4 Å². The van der Waals surface area contributed by atoms with Crippen LogP contribution in [0.1, 0.15) is 16.8 Å². The zero-order valence-electron chi connectivity index (χ0n) is 14.7. The second-order valence-electron chi connectivity index (χ2n) is 6.51. The molecule has 0 amide bonds. The van der Waals surface area contributed by atoms with E-state index in [4.69, 9.17) is 11.6 Å². The van der Waals surface area contributed by atoms with Crippen molar-refractivity contribution in [2.45, 2.75) is 19.9 Å². The highest BCUT2D eigenvalue weighted by Gasteiger charge is 2.17. The van der Waals surface area contributed by atoms with Crippen LogP contribution in [0, 0.1) is 6.92 Å². The Morgan fingerprint density at radius 1 is 1.15 bits per heavy atom. The molecule has 0 spiro atoms. The molecule has 26 heavy (non-hydrogen) atoms. The van der Waals surface area contributed by atoms with Gasteiger partial charge in [0.05, 0.1) is 5.69 Å². The molecule has 6 nitrogen and oxygen atoms in total. The third-order valence-corrected chi connectivity index (χ3v) is 4.98. The van der Waals surface area contributed by atoms with E-state index in [1.807, 2.05) is 43.5 Å². The Morgan fingerprint density at radius 3 is 2.85 bits per heavy atom. The number of hydrogen-bond acceptors (Lipinski definition) is 5. The van der Waals surface area contributed by atoms with Gasteiger partial charge in [-0.3, -0.25) is 4.90 Å². The van der Waals surface area contributed by atoms with Crippen LogP contribution in [0.25, 0.3) is 5.82 Å². The van der Waals surface area contributed by atoms with E-state index in [-0.39, 0.29) is 0 Å². The number of aromatic nitrogens is 4. The molecule has 2 aromatic heterocycles. The molecular weight excluding hydrogens is 348 g/mol. The van der Waals surface area contributed by atoms with Crippen LogP contribution in [-0.4, -0.2) is 44.5 Å². The molecule has 0 saturated heterocycles. The molecule has 134 valence electrons. The maximum atomic E-state index is 6.28. The number of halogens is 1. The van der Waals surface area contributed by atoms with Crippen LogP contribution in [0.4, 0.5) is 5.82 Å². The van der Waals surface area contributed by atoms with E-state index in [0.717, 1.165) is 49.1 Å². The van der Waals surface area contributed by atoms with Crippen LogP contribution < -0.4 is 5.32 Å². The quantitative estimate of drug-likeness (QED) is 0.750. The number of hydrogen-bond donors (Lipinski definition) is 1. The molecule has 1 aromatic carbocycles. The number of rotatable bonds is 5. The van der Waals surface area contributed by atoms with Gasteiger partial charge in [0.25, 0.3) is 0 Å². The summed E-state index contributed by atoms with van der Waals surface area (Å²) in [6, 6.07) is 12.0. The normalized spacial score (nSPS) is 14.2. The first kappa shape index (κ1) is 17.0. The summed E-state index contributed by atoms with van der Waals surface area (Å²) in [5.74, 6) is 1.49.